The smallest absolute Gasteiger partial charge is 0.0591 e. The maximum absolute atomic E-state index is 9.68. The van der Waals surface area contributed by atoms with Gasteiger partial charge in [-0.1, -0.05) is 39.5 Å². The molecule has 0 aliphatic heterocycles. The summed E-state index contributed by atoms with van der Waals surface area (Å²) in [5.41, 5.74) is -1.11. The van der Waals surface area contributed by atoms with E-state index in [4.69, 9.17) is 0 Å². The van der Waals surface area contributed by atoms with Crippen LogP contribution in [0.15, 0.2) is 10.2 Å². The lowest BCUT2D eigenvalue weighted by molar-refractivity contribution is 0.0664. The summed E-state index contributed by atoms with van der Waals surface area (Å²) in [5, 5.41) is 27.6. The monoisotopic (exact) mass is 340 g/mol. The summed E-state index contributed by atoms with van der Waals surface area (Å²) in [6.07, 6.45) is 11.7. The average Bonchev–Trinajstić information content (AvgIpc) is 2.39. The van der Waals surface area contributed by atoms with Gasteiger partial charge in [0.15, 0.2) is 0 Å². The minimum Gasteiger partial charge on any atom is -0.390 e. The normalized spacial score (nSPS) is 16.2. The maximum Gasteiger partial charge on any atom is 0.0591 e. The van der Waals surface area contributed by atoms with Gasteiger partial charge in [-0.15, -0.1) is 0 Å². The Bertz CT molecular complexity index is 329. The summed E-state index contributed by atoms with van der Waals surface area (Å²) in [7, 11) is 0. The van der Waals surface area contributed by atoms with Crippen molar-refractivity contribution < 1.29 is 10.2 Å². The molecule has 0 aromatic rings. The van der Waals surface area contributed by atoms with Gasteiger partial charge in [-0.2, -0.15) is 10.2 Å². The fourth-order valence-corrected chi connectivity index (χ4v) is 2.55. The first kappa shape index (κ1) is 23.3. The van der Waals surface area contributed by atoms with Crippen molar-refractivity contribution >= 4 is 12.4 Å². The van der Waals surface area contributed by atoms with Crippen LogP contribution in [0.25, 0.3) is 0 Å². The van der Waals surface area contributed by atoms with Crippen LogP contribution < -0.4 is 0 Å². The van der Waals surface area contributed by atoms with Crippen molar-refractivity contribution in [2.75, 3.05) is 0 Å². The van der Waals surface area contributed by atoms with Crippen molar-refractivity contribution in [3.05, 3.63) is 0 Å². The highest BCUT2D eigenvalue weighted by Gasteiger charge is 2.13. The number of rotatable bonds is 13. The van der Waals surface area contributed by atoms with Crippen molar-refractivity contribution in [2.45, 2.75) is 104 Å². The molecular weight excluding hydrogens is 300 g/mol. The zero-order valence-corrected chi connectivity index (χ0v) is 16.8. The first-order valence-corrected chi connectivity index (χ1v) is 9.47. The molecule has 0 amide bonds. The standard InChI is InChI=1S/C20H40N2O2/c1-17(9-7-13-19(3,4)23)11-15-21-22-16-12-18(2)10-8-14-20(5,6)24/h15-18,23-24H,7-14H2,1-6H3. The van der Waals surface area contributed by atoms with Crippen LogP contribution in [0.4, 0.5) is 0 Å². The number of hydrogen-bond donors (Lipinski definition) is 2. The third kappa shape index (κ3) is 17.6. The molecule has 0 aromatic heterocycles. The molecule has 4 nitrogen and oxygen atoms in total. The summed E-state index contributed by atoms with van der Waals surface area (Å²) in [5.74, 6) is 1.15. The molecule has 0 bridgehead atoms. The first-order chi connectivity index (χ1) is 11.0. The minimum absolute atomic E-state index is 0.554. The van der Waals surface area contributed by atoms with Gasteiger partial charge in [-0.3, -0.25) is 0 Å². The maximum atomic E-state index is 9.68. The van der Waals surface area contributed by atoms with Gasteiger partial charge < -0.3 is 10.2 Å². The summed E-state index contributed by atoms with van der Waals surface area (Å²) in [4.78, 5) is 0. The van der Waals surface area contributed by atoms with Crippen LogP contribution in [0, 0.1) is 11.8 Å². The van der Waals surface area contributed by atoms with Crippen LogP contribution in [0.1, 0.15) is 92.9 Å². The van der Waals surface area contributed by atoms with E-state index in [-0.39, 0.29) is 0 Å². The van der Waals surface area contributed by atoms with E-state index in [0.29, 0.717) is 11.8 Å². The molecule has 0 saturated heterocycles. The van der Waals surface area contributed by atoms with Gasteiger partial charge in [-0.05, 0) is 65.2 Å². The Morgan fingerprint density at radius 2 is 1.08 bits per heavy atom. The van der Waals surface area contributed by atoms with Crippen molar-refractivity contribution in [1.82, 2.24) is 0 Å². The van der Waals surface area contributed by atoms with E-state index < -0.39 is 11.2 Å². The summed E-state index contributed by atoms with van der Waals surface area (Å²) < 4.78 is 0. The minimum atomic E-state index is -0.554. The summed E-state index contributed by atoms with van der Waals surface area (Å²) >= 11 is 0. The van der Waals surface area contributed by atoms with E-state index in [0.717, 1.165) is 51.4 Å². The fraction of sp³-hybridized carbons (Fsp3) is 0.900. The van der Waals surface area contributed by atoms with E-state index in [2.05, 4.69) is 24.1 Å². The zero-order chi connectivity index (χ0) is 18.6. The second-order valence-electron chi connectivity index (χ2n) is 8.69. The highest BCUT2D eigenvalue weighted by Crippen LogP contribution is 2.18. The summed E-state index contributed by atoms with van der Waals surface area (Å²) in [6.45, 7) is 11.9. The molecule has 2 unspecified atom stereocenters. The molecule has 0 aromatic carbocycles. The van der Waals surface area contributed by atoms with Crippen molar-refractivity contribution in [3.63, 3.8) is 0 Å². The average molecular weight is 341 g/mol. The number of hydrogen-bond acceptors (Lipinski definition) is 4. The third-order valence-electron chi connectivity index (χ3n) is 4.22. The molecule has 0 radical (unpaired) electrons. The SMILES string of the molecule is CC(CC=NN=CCC(C)CCCC(C)(C)O)CCCC(C)(C)O. The fourth-order valence-electron chi connectivity index (χ4n) is 2.55. The van der Waals surface area contributed by atoms with Crippen molar-refractivity contribution in [2.24, 2.45) is 22.0 Å². The van der Waals surface area contributed by atoms with Crippen LogP contribution in [-0.2, 0) is 0 Å². The van der Waals surface area contributed by atoms with Crippen LogP contribution in [0.5, 0.6) is 0 Å². The van der Waals surface area contributed by atoms with Crippen LogP contribution in [0.3, 0.4) is 0 Å². The lowest BCUT2D eigenvalue weighted by Gasteiger charge is -2.17. The van der Waals surface area contributed by atoms with E-state index in [9.17, 15) is 10.2 Å². The molecule has 0 rings (SSSR count). The highest BCUT2D eigenvalue weighted by molar-refractivity contribution is 5.61. The first-order valence-electron chi connectivity index (χ1n) is 9.47. The molecule has 0 aliphatic rings. The predicted molar refractivity (Wildman–Crippen MR) is 105 cm³/mol. The van der Waals surface area contributed by atoms with Gasteiger partial charge in [-0.25, -0.2) is 0 Å². The Kier molecular flexibility index (Phi) is 11.4. The lowest BCUT2D eigenvalue weighted by Crippen LogP contribution is -2.18. The topological polar surface area (TPSA) is 65.2 Å². The number of nitrogens with zero attached hydrogens (tertiary/aromatic N) is 2. The van der Waals surface area contributed by atoms with Gasteiger partial charge in [0, 0.05) is 12.4 Å². The molecule has 0 spiro atoms. The van der Waals surface area contributed by atoms with Crippen LogP contribution in [0.2, 0.25) is 0 Å². The molecule has 0 aliphatic carbocycles. The second-order valence-corrected chi connectivity index (χ2v) is 8.69. The van der Waals surface area contributed by atoms with E-state index in [1.165, 1.54) is 0 Å². The predicted octanol–water partition coefficient (Wildman–Crippen LogP) is 4.98. The molecule has 2 N–H and O–H groups in total. The Morgan fingerprint density at radius 3 is 1.38 bits per heavy atom. The molecule has 0 fully saturated rings. The second kappa shape index (κ2) is 11.8. The van der Waals surface area contributed by atoms with E-state index in [1.54, 1.807) is 0 Å². The molecular formula is C20H40N2O2. The van der Waals surface area contributed by atoms with Gasteiger partial charge in [0.25, 0.3) is 0 Å². The molecule has 142 valence electrons. The van der Waals surface area contributed by atoms with Gasteiger partial charge in [0.05, 0.1) is 11.2 Å². The molecule has 0 saturated carbocycles. The van der Waals surface area contributed by atoms with Gasteiger partial charge >= 0.3 is 0 Å². The Balaban J connectivity index is 3.73. The quantitative estimate of drug-likeness (QED) is 0.367. The summed E-state index contributed by atoms with van der Waals surface area (Å²) in [6, 6.07) is 0. The van der Waals surface area contributed by atoms with Crippen LogP contribution >= 0.6 is 0 Å². The largest absolute Gasteiger partial charge is 0.390 e. The zero-order valence-electron chi connectivity index (χ0n) is 16.8. The Labute approximate surface area is 149 Å². The Morgan fingerprint density at radius 1 is 0.750 bits per heavy atom. The van der Waals surface area contributed by atoms with Crippen molar-refractivity contribution in [1.29, 1.82) is 0 Å². The van der Waals surface area contributed by atoms with Gasteiger partial charge in [0.1, 0.15) is 0 Å². The molecule has 24 heavy (non-hydrogen) atoms. The van der Waals surface area contributed by atoms with E-state index >= 15 is 0 Å². The Hall–Kier alpha value is -0.740. The van der Waals surface area contributed by atoms with Crippen LogP contribution in [-0.4, -0.2) is 33.8 Å². The highest BCUT2D eigenvalue weighted by atomic mass is 16.3. The van der Waals surface area contributed by atoms with Gasteiger partial charge in [0.2, 0.25) is 0 Å². The molecule has 0 heterocycles. The van der Waals surface area contributed by atoms with Crippen molar-refractivity contribution in [3.8, 4) is 0 Å². The molecule has 4 heteroatoms. The molecule has 2 atom stereocenters. The number of aliphatic hydroxyl groups is 2. The lowest BCUT2D eigenvalue weighted by atomic mass is 9.95. The van der Waals surface area contributed by atoms with E-state index in [1.807, 2.05) is 40.1 Å². The third-order valence-corrected chi connectivity index (χ3v) is 4.22.